The van der Waals surface area contributed by atoms with Crippen molar-refractivity contribution in [1.29, 1.82) is 0 Å². The molecule has 4 heterocycles. The summed E-state index contributed by atoms with van der Waals surface area (Å²) < 4.78 is 52.3. The number of amidine groups is 1. The lowest BCUT2D eigenvalue weighted by atomic mass is 10.0. The Kier molecular flexibility index (Phi) is 7.05. The molecule has 3 N–H and O–H groups in total. The smallest absolute Gasteiger partial charge is 0.434 e. The Bertz CT molecular complexity index is 1070. The Morgan fingerprint density at radius 2 is 2.06 bits per heavy atom. The number of aromatic nitrogens is 2. The van der Waals surface area contributed by atoms with Crippen molar-refractivity contribution >= 4 is 29.5 Å². The Balaban J connectivity index is 1.86. The fourth-order valence-corrected chi connectivity index (χ4v) is 3.95. The highest BCUT2D eigenvalue weighted by Gasteiger charge is 2.46. The zero-order valence-corrected chi connectivity index (χ0v) is 19.1. The fourth-order valence-electron chi connectivity index (χ4n) is 3.95. The summed E-state index contributed by atoms with van der Waals surface area (Å²) in [4.78, 5) is 32.0. The van der Waals surface area contributed by atoms with E-state index in [0.717, 1.165) is 17.5 Å². The summed E-state index contributed by atoms with van der Waals surface area (Å²) >= 11 is 0. The normalized spacial score (nSPS) is 24.3. The topological polar surface area (TPSA) is 139 Å². The highest BCUT2D eigenvalue weighted by molar-refractivity contribution is 6.12. The number of aliphatic hydroxyl groups is 1. The van der Waals surface area contributed by atoms with Crippen LogP contribution in [0.1, 0.15) is 24.9 Å². The Morgan fingerprint density at radius 3 is 2.80 bits per heavy atom. The highest BCUT2D eigenvalue weighted by atomic mass is 19.4. The van der Waals surface area contributed by atoms with E-state index in [1.165, 1.54) is 6.07 Å². The Hall–Kier alpha value is -3.10. The van der Waals surface area contributed by atoms with Gasteiger partial charge >= 0.3 is 12.3 Å². The first-order valence-electron chi connectivity index (χ1n) is 11.0. The molecule has 0 aliphatic carbocycles. The number of rotatable bonds is 5. The molecule has 2 saturated heterocycles. The molecule has 190 valence electrons. The standard InChI is InChI=1S/C21H26F3N7O4/c1-20(11-32)12-35-19(33)31(20)17-7-14(13-8-26-9-15(25)28-18(13)21(22,23)24)27-16(29-17)10-30-3-2-5-34-6-4-30/h7-8,32H,2-6,9-12H2,1H3,(H2,25,28). The SMILES string of the molecule is CC1(CO)COC(=O)N1c1cc(C2=C(C(F)(F)F)N=C(N)CN=C2)nc(CN2CCCOCC2)n1. The number of carbonyl (C=O) groups is 1. The average molecular weight is 497 g/mol. The number of amides is 1. The number of hydrogen-bond donors (Lipinski definition) is 2. The van der Waals surface area contributed by atoms with E-state index in [-0.39, 0.29) is 42.9 Å². The van der Waals surface area contributed by atoms with Crippen molar-refractivity contribution in [3.05, 3.63) is 23.3 Å². The minimum atomic E-state index is -4.84. The van der Waals surface area contributed by atoms with Crippen LogP contribution in [0.4, 0.5) is 23.8 Å². The molecule has 4 rings (SSSR count). The number of aliphatic imine (C=N–C) groups is 2. The lowest BCUT2D eigenvalue weighted by Gasteiger charge is -2.29. The van der Waals surface area contributed by atoms with Crippen molar-refractivity contribution in [2.24, 2.45) is 15.7 Å². The van der Waals surface area contributed by atoms with E-state index in [9.17, 15) is 23.1 Å². The van der Waals surface area contributed by atoms with Crippen LogP contribution in [-0.4, -0.2) is 95.9 Å². The molecule has 1 aromatic heterocycles. The number of hydrogen-bond acceptors (Lipinski definition) is 10. The molecule has 0 radical (unpaired) electrons. The molecule has 1 aromatic rings. The minimum absolute atomic E-state index is 0.00116. The number of anilines is 1. The lowest BCUT2D eigenvalue weighted by Crippen LogP contribution is -2.48. The number of nitrogens with two attached hydrogens (primary N) is 1. The summed E-state index contributed by atoms with van der Waals surface area (Å²) in [6, 6.07) is 1.24. The van der Waals surface area contributed by atoms with Gasteiger partial charge in [0.2, 0.25) is 0 Å². The van der Waals surface area contributed by atoms with E-state index in [4.69, 9.17) is 15.2 Å². The Labute approximate surface area is 199 Å². The first-order chi connectivity index (χ1) is 16.6. The molecule has 1 unspecified atom stereocenters. The molecule has 35 heavy (non-hydrogen) atoms. The van der Waals surface area contributed by atoms with Gasteiger partial charge in [-0.3, -0.25) is 9.89 Å². The van der Waals surface area contributed by atoms with Crippen LogP contribution in [0.5, 0.6) is 0 Å². The van der Waals surface area contributed by atoms with Crippen LogP contribution in [0.15, 0.2) is 21.7 Å². The van der Waals surface area contributed by atoms with Gasteiger partial charge in [0, 0.05) is 37.6 Å². The maximum atomic E-state index is 13.9. The summed E-state index contributed by atoms with van der Waals surface area (Å²) in [6.45, 7) is 3.40. The molecular weight excluding hydrogens is 471 g/mol. The summed E-state index contributed by atoms with van der Waals surface area (Å²) in [5.74, 6) is -0.111. The van der Waals surface area contributed by atoms with Gasteiger partial charge in [0.1, 0.15) is 29.6 Å². The predicted octanol–water partition coefficient (Wildman–Crippen LogP) is 1.12. The van der Waals surface area contributed by atoms with Gasteiger partial charge in [-0.1, -0.05) is 0 Å². The van der Waals surface area contributed by atoms with E-state index in [1.807, 2.05) is 4.90 Å². The molecule has 1 amide bonds. The van der Waals surface area contributed by atoms with Crippen molar-refractivity contribution in [3.63, 3.8) is 0 Å². The number of alkyl halides is 3. The van der Waals surface area contributed by atoms with Gasteiger partial charge in [0.15, 0.2) is 5.70 Å². The minimum Gasteiger partial charge on any atom is -0.447 e. The maximum absolute atomic E-state index is 13.9. The van der Waals surface area contributed by atoms with Gasteiger partial charge in [-0.2, -0.15) is 13.2 Å². The van der Waals surface area contributed by atoms with Crippen LogP contribution in [0.3, 0.4) is 0 Å². The quantitative estimate of drug-likeness (QED) is 0.617. The number of cyclic esters (lactones) is 1. The van der Waals surface area contributed by atoms with Crippen molar-refractivity contribution in [2.45, 2.75) is 31.6 Å². The molecule has 1 atom stereocenters. The van der Waals surface area contributed by atoms with Crippen molar-refractivity contribution in [3.8, 4) is 0 Å². The largest absolute Gasteiger partial charge is 0.447 e. The van der Waals surface area contributed by atoms with E-state index in [2.05, 4.69) is 20.0 Å². The number of nitrogens with zero attached hydrogens (tertiary/aromatic N) is 6. The Morgan fingerprint density at radius 1 is 1.26 bits per heavy atom. The first-order valence-corrected chi connectivity index (χ1v) is 11.0. The summed E-state index contributed by atoms with van der Waals surface area (Å²) in [6.07, 6.45) is -3.81. The summed E-state index contributed by atoms with van der Waals surface area (Å²) in [5, 5.41) is 9.92. The third kappa shape index (κ3) is 5.44. The second-order valence-electron chi connectivity index (χ2n) is 8.65. The maximum Gasteiger partial charge on any atom is 0.434 e. The van der Waals surface area contributed by atoms with Gasteiger partial charge in [-0.05, 0) is 13.3 Å². The fraction of sp³-hybridized carbons (Fsp3) is 0.571. The summed E-state index contributed by atoms with van der Waals surface area (Å²) in [5.41, 5.74) is 2.65. The number of halogens is 3. The molecule has 0 bridgehead atoms. The van der Waals surface area contributed by atoms with E-state index in [1.54, 1.807) is 6.92 Å². The second kappa shape index (κ2) is 9.87. The van der Waals surface area contributed by atoms with Gasteiger partial charge < -0.3 is 20.3 Å². The van der Waals surface area contributed by atoms with E-state index >= 15 is 0 Å². The lowest BCUT2D eigenvalue weighted by molar-refractivity contribution is -0.0915. The van der Waals surface area contributed by atoms with Gasteiger partial charge in [0.25, 0.3) is 0 Å². The van der Waals surface area contributed by atoms with Gasteiger partial charge in [-0.15, -0.1) is 0 Å². The van der Waals surface area contributed by atoms with Crippen molar-refractivity contribution in [2.75, 3.05) is 51.0 Å². The molecule has 11 nitrogen and oxygen atoms in total. The van der Waals surface area contributed by atoms with Crippen LogP contribution in [-0.2, 0) is 16.0 Å². The average Bonchev–Trinajstić information content (AvgIpc) is 3.00. The zero-order valence-electron chi connectivity index (χ0n) is 19.1. The number of allylic oxidation sites excluding steroid dienone is 2. The highest BCUT2D eigenvalue weighted by Crippen LogP contribution is 2.35. The van der Waals surface area contributed by atoms with Gasteiger partial charge in [-0.25, -0.2) is 24.7 Å². The van der Waals surface area contributed by atoms with Crippen molar-refractivity contribution in [1.82, 2.24) is 14.9 Å². The molecule has 2 fully saturated rings. The van der Waals surface area contributed by atoms with Crippen LogP contribution in [0.2, 0.25) is 0 Å². The predicted molar refractivity (Wildman–Crippen MR) is 120 cm³/mol. The zero-order chi connectivity index (χ0) is 25.2. The molecule has 0 spiro atoms. The molecule has 0 saturated carbocycles. The van der Waals surface area contributed by atoms with Crippen LogP contribution in [0, 0.1) is 0 Å². The van der Waals surface area contributed by atoms with Crippen molar-refractivity contribution < 1.29 is 32.5 Å². The molecular formula is C21H26F3N7O4. The number of ether oxygens (including phenoxy) is 2. The number of aliphatic hydroxyl groups excluding tert-OH is 1. The molecule has 3 aliphatic rings. The van der Waals surface area contributed by atoms with E-state index in [0.29, 0.717) is 26.3 Å². The van der Waals surface area contributed by atoms with Gasteiger partial charge in [0.05, 0.1) is 32.0 Å². The third-order valence-corrected chi connectivity index (χ3v) is 5.77. The van der Waals surface area contributed by atoms with Crippen LogP contribution in [0.25, 0.3) is 5.57 Å². The summed E-state index contributed by atoms with van der Waals surface area (Å²) in [7, 11) is 0. The van der Waals surface area contributed by atoms with Crippen LogP contribution >= 0.6 is 0 Å². The first kappa shape index (κ1) is 25.0. The second-order valence-corrected chi connectivity index (χ2v) is 8.65. The molecule has 3 aliphatic heterocycles. The molecule has 0 aromatic carbocycles. The van der Waals surface area contributed by atoms with E-state index < -0.39 is 35.7 Å². The third-order valence-electron chi connectivity index (χ3n) is 5.77. The number of carbonyl (C=O) groups excluding carboxylic acids is 1. The monoisotopic (exact) mass is 497 g/mol. The van der Waals surface area contributed by atoms with Crippen LogP contribution < -0.4 is 10.6 Å². The molecule has 14 heteroatoms.